The van der Waals surface area contributed by atoms with E-state index < -0.39 is 4.92 Å². The van der Waals surface area contributed by atoms with Crippen molar-refractivity contribution in [1.29, 1.82) is 0 Å². The normalized spacial score (nSPS) is 11.2. The minimum atomic E-state index is -0.492. The highest BCUT2D eigenvalue weighted by atomic mass is 35.5. The summed E-state index contributed by atoms with van der Waals surface area (Å²) in [4.78, 5) is 25.2. The third-order valence-corrected chi connectivity index (χ3v) is 3.38. The number of Topliss-reactive ketones (excluding diaryl/α,β-unsaturated/α-hetero) is 1. The van der Waals surface area contributed by atoms with Crippen LogP contribution in [-0.2, 0) is 0 Å². The summed E-state index contributed by atoms with van der Waals surface area (Å²) in [5, 5.41) is 11.8. The molecule has 0 spiro atoms. The average Bonchev–Trinajstić information content (AvgIpc) is 2.52. The summed E-state index contributed by atoms with van der Waals surface area (Å²) in [7, 11) is 3.51. The molecule has 0 unspecified atom stereocenters. The van der Waals surface area contributed by atoms with E-state index in [-0.39, 0.29) is 22.6 Å². The van der Waals surface area contributed by atoms with Crippen LogP contribution in [0.4, 0.5) is 5.69 Å². The molecule has 0 fully saturated rings. The molecule has 0 N–H and O–H groups in total. The Hall–Kier alpha value is -2.66. The van der Waals surface area contributed by atoms with Crippen molar-refractivity contribution in [2.75, 3.05) is 14.1 Å². The molecule has 0 aliphatic rings. The molecule has 118 valence electrons. The number of nitrogens with zero attached hydrogens (tertiary/aromatic N) is 2. The molecule has 0 aliphatic carbocycles. The zero-order chi connectivity index (χ0) is 17.0. The van der Waals surface area contributed by atoms with E-state index in [2.05, 4.69) is 0 Å². The highest BCUT2D eigenvalue weighted by Crippen LogP contribution is 2.29. The molecule has 0 aromatic heterocycles. The molecule has 2 aromatic carbocycles. The first-order valence-corrected chi connectivity index (χ1v) is 7.20. The van der Waals surface area contributed by atoms with Gasteiger partial charge in [0.05, 0.1) is 16.1 Å². The van der Waals surface area contributed by atoms with Gasteiger partial charge in [-0.1, -0.05) is 23.7 Å². The van der Waals surface area contributed by atoms with Gasteiger partial charge in [0.2, 0.25) is 0 Å². The van der Waals surface area contributed by atoms with E-state index >= 15 is 0 Å². The smallest absolute Gasteiger partial charge is 0.277 e. The maximum Gasteiger partial charge on any atom is 0.277 e. The number of benzene rings is 2. The molecule has 0 saturated heterocycles. The lowest BCUT2D eigenvalue weighted by Gasteiger charge is -2.12. The molecule has 2 rings (SSSR count). The maximum atomic E-state index is 12.8. The molecule has 23 heavy (non-hydrogen) atoms. The van der Waals surface area contributed by atoms with Crippen LogP contribution >= 0.6 is 11.6 Å². The highest BCUT2D eigenvalue weighted by Gasteiger charge is 2.22. The Morgan fingerprint density at radius 3 is 2.30 bits per heavy atom. The summed E-state index contributed by atoms with van der Waals surface area (Å²) in [6, 6.07) is 12.6. The first-order chi connectivity index (χ1) is 10.9. The lowest BCUT2D eigenvalue weighted by Crippen LogP contribution is -2.10. The van der Waals surface area contributed by atoms with Crippen LogP contribution in [0.1, 0.15) is 15.9 Å². The monoisotopic (exact) mass is 330 g/mol. The molecule has 0 bridgehead atoms. The van der Waals surface area contributed by atoms with Gasteiger partial charge in [0.1, 0.15) is 0 Å². The summed E-state index contributed by atoms with van der Waals surface area (Å²) >= 11 is 5.84. The Morgan fingerprint density at radius 2 is 1.74 bits per heavy atom. The van der Waals surface area contributed by atoms with Crippen LogP contribution in [-0.4, -0.2) is 29.7 Å². The molecule has 0 aliphatic heterocycles. The largest absolute Gasteiger partial charge is 0.383 e. The fourth-order valence-electron chi connectivity index (χ4n) is 2.13. The molecule has 0 atom stereocenters. The molecule has 0 radical (unpaired) electrons. The quantitative estimate of drug-likeness (QED) is 0.359. The van der Waals surface area contributed by atoms with Crippen molar-refractivity contribution in [2.45, 2.75) is 0 Å². The summed E-state index contributed by atoms with van der Waals surface area (Å²) in [5.41, 5.74) is 0.847. The minimum Gasteiger partial charge on any atom is -0.383 e. The van der Waals surface area contributed by atoms with Crippen molar-refractivity contribution in [3.05, 3.63) is 81.0 Å². The van der Waals surface area contributed by atoms with Crippen LogP contribution in [0, 0.1) is 10.1 Å². The van der Waals surface area contributed by atoms with Gasteiger partial charge in [-0.25, -0.2) is 0 Å². The number of hydrogen-bond acceptors (Lipinski definition) is 4. The van der Waals surface area contributed by atoms with Gasteiger partial charge < -0.3 is 4.90 Å². The second-order valence-corrected chi connectivity index (χ2v) is 5.55. The van der Waals surface area contributed by atoms with Crippen LogP contribution in [0.3, 0.4) is 0 Å². The zero-order valence-electron chi connectivity index (χ0n) is 12.7. The van der Waals surface area contributed by atoms with Crippen LogP contribution in [0.15, 0.2) is 54.7 Å². The molecule has 0 amide bonds. The van der Waals surface area contributed by atoms with Crippen LogP contribution < -0.4 is 0 Å². The lowest BCUT2D eigenvalue weighted by atomic mass is 9.96. The lowest BCUT2D eigenvalue weighted by molar-refractivity contribution is -0.385. The van der Waals surface area contributed by atoms with Gasteiger partial charge in [-0.3, -0.25) is 14.9 Å². The van der Waals surface area contributed by atoms with E-state index in [1.165, 1.54) is 6.07 Å². The topological polar surface area (TPSA) is 63.5 Å². The molecule has 0 heterocycles. The van der Waals surface area contributed by atoms with Gasteiger partial charge in [0.25, 0.3) is 5.69 Å². The van der Waals surface area contributed by atoms with Crippen molar-refractivity contribution >= 4 is 28.6 Å². The van der Waals surface area contributed by atoms with Gasteiger partial charge in [0.15, 0.2) is 5.78 Å². The number of hydrogen-bond donors (Lipinski definition) is 0. The molecule has 0 saturated carbocycles. The number of carbonyl (C=O) groups is 1. The number of nitro groups is 1. The first kappa shape index (κ1) is 16.7. The van der Waals surface area contributed by atoms with Gasteiger partial charge in [-0.15, -0.1) is 0 Å². The fraction of sp³-hybridized carbons (Fsp3) is 0.118. The standard InChI is InChI=1S/C17H15ClN2O3/c1-19(2)11-15(14-5-3-4-6-16(14)20(22)23)17(21)12-7-9-13(18)10-8-12/h3-11H,1-2H3/b15-11+. The first-order valence-electron chi connectivity index (χ1n) is 6.82. The summed E-state index contributed by atoms with van der Waals surface area (Å²) < 4.78 is 0. The maximum absolute atomic E-state index is 12.8. The molecule has 6 heteroatoms. The zero-order valence-corrected chi connectivity index (χ0v) is 13.4. The second kappa shape index (κ2) is 7.07. The number of carbonyl (C=O) groups excluding carboxylic acids is 1. The van der Waals surface area contributed by atoms with Gasteiger partial charge in [-0.2, -0.15) is 0 Å². The second-order valence-electron chi connectivity index (χ2n) is 5.12. The van der Waals surface area contributed by atoms with Crippen molar-refractivity contribution in [3.8, 4) is 0 Å². The van der Waals surface area contributed by atoms with Crippen molar-refractivity contribution in [2.24, 2.45) is 0 Å². The van der Waals surface area contributed by atoms with Crippen LogP contribution in [0.25, 0.3) is 5.57 Å². The predicted octanol–water partition coefficient (Wildman–Crippen LogP) is 4.03. The third-order valence-electron chi connectivity index (χ3n) is 3.13. The van der Waals surface area contributed by atoms with Crippen LogP contribution in [0.5, 0.6) is 0 Å². The summed E-state index contributed by atoms with van der Waals surface area (Å²) in [6.45, 7) is 0. The minimum absolute atomic E-state index is 0.108. The summed E-state index contributed by atoms with van der Waals surface area (Å²) in [5.74, 6) is -0.301. The number of allylic oxidation sites excluding steroid dienone is 1. The Bertz CT molecular complexity index is 768. The Morgan fingerprint density at radius 1 is 1.13 bits per heavy atom. The van der Waals surface area contributed by atoms with Crippen molar-refractivity contribution < 1.29 is 9.72 Å². The molecule has 5 nitrogen and oxygen atoms in total. The van der Waals surface area contributed by atoms with E-state index in [0.717, 1.165) is 0 Å². The van der Waals surface area contributed by atoms with E-state index in [1.54, 1.807) is 67.7 Å². The van der Waals surface area contributed by atoms with Gasteiger partial charge >= 0.3 is 0 Å². The molecular formula is C17H15ClN2O3. The van der Waals surface area contributed by atoms with E-state index in [1.807, 2.05) is 0 Å². The Labute approximate surface area is 139 Å². The Balaban J connectivity index is 2.57. The van der Waals surface area contributed by atoms with E-state index in [4.69, 9.17) is 11.6 Å². The highest BCUT2D eigenvalue weighted by molar-refractivity contribution is 6.32. The van der Waals surface area contributed by atoms with Gasteiger partial charge in [0, 0.05) is 36.9 Å². The van der Waals surface area contributed by atoms with E-state index in [9.17, 15) is 14.9 Å². The predicted molar refractivity (Wildman–Crippen MR) is 90.5 cm³/mol. The number of halogens is 1. The third kappa shape index (κ3) is 3.96. The summed E-state index contributed by atoms with van der Waals surface area (Å²) in [6.07, 6.45) is 1.58. The SMILES string of the molecule is CN(C)/C=C(/C(=O)c1ccc(Cl)cc1)c1ccccc1[N+](=O)[O-]. The molecular weight excluding hydrogens is 316 g/mol. The number of nitro benzene ring substituents is 1. The van der Waals surface area contributed by atoms with E-state index in [0.29, 0.717) is 10.6 Å². The number of para-hydroxylation sites is 1. The van der Waals surface area contributed by atoms with Crippen molar-refractivity contribution in [1.82, 2.24) is 4.90 Å². The number of rotatable bonds is 5. The molecule has 2 aromatic rings. The van der Waals surface area contributed by atoms with Crippen LogP contribution in [0.2, 0.25) is 5.02 Å². The van der Waals surface area contributed by atoms with Gasteiger partial charge in [-0.05, 0) is 30.3 Å². The fourth-order valence-corrected chi connectivity index (χ4v) is 2.25. The van der Waals surface area contributed by atoms with Crippen molar-refractivity contribution in [3.63, 3.8) is 0 Å². The Kier molecular flexibility index (Phi) is 5.13. The number of ketones is 1. The average molecular weight is 331 g/mol.